The van der Waals surface area contributed by atoms with Gasteiger partial charge in [0.05, 0.1) is 25.4 Å². The van der Waals surface area contributed by atoms with E-state index in [0.717, 1.165) is 64.2 Å². The summed E-state index contributed by atoms with van der Waals surface area (Å²) in [6, 6.07) is -1.15. The molecule has 7 N–H and O–H groups in total. The Bertz CT molecular complexity index is 1300. The van der Waals surface area contributed by atoms with Gasteiger partial charge in [0.15, 0.2) is 6.29 Å². The number of unbranched alkanes of at least 4 members (excludes halogenated alkanes) is 16. The van der Waals surface area contributed by atoms with Crippen molar-refractivity contribution in [3.63, 3.8) is 0 Å². The summed E-state index contributed by atoms with van der Waals surface area (Å²) in [4.78, 5) is 13.1. The average Bonchev–Trinajstić information content (AvgIpc) is 3.20. The Kier molecular flexibility index (Phi) is 32.8. The minimum atomic E-state index is -5.13. The predicted molar refractivity (Wildman–Crippen MR) is 233 cm³/mol. The quantitative estimate of drug-likeness (QED) is 0.0144. The van der Waals surface area contributed by atoms with E-state index in [1.807, 2.05) is 0 Å². The Morgan fingerprint density at radius 1 is 0.695 bits per heavy atom. The average molecular weight is 858 g/mol. The lowest BCUT2D eigenvalue weighted by atomic mass is 9.99. The van der Waals surface area contributed by atoms with Crippen molar-refractivity contribution in [2.24, 2.45) is 0 Å². The van der Waals surface area contributed by atoms with E-state index in [1.165, 1.54) is 63.9 Å². The number of ether oxygens (including phenoxy) is 2. The topological polar surface area (TPSA) is 212 Å². The van der Waals surface area contributed by atoms with Crippen molar-refractivity contribution in [2.75, 3.05) is 13.2 Å². The van der Waals surface area contributed by atoms with E-state index in [9.17, 15) is 38.7 Å². The van der Waals surface area contributed by atoms with Crippen LogP contribution < -0.4 is 5.32 Å². The van der Waals surface area contributed by atoms with Crippen LogP contribution in [0.1, 0.15) is 155 Å². The normalized spacial score (nSPS) is 22.1. The monoisotopic (exact) mass is 858 g/mol. The molecule has 8 atom stereocenters. The SMILES string of the molecule is CCCCC/C=C\C=C/CCCCCCCC(O)C(=O)NC(COC1OC(CO)C(O)C(OS(=O)(=O)O)C1O)C(O)/C=C/CC/C=C/CC/C=C/CCCCCCCC. The summed E-state index contributed by atoms with van der Waals surface area (Å²) in [6.07, 6.45) is 31.6. The molecule has 0 aromatic heterocycles. The number of aliphatic hydroxyl groups excluding tert-OH is 5. The summed E-state index contributed by atoms with van der Waals surface area (Å²) >= 11 is 0. The lowest BCUT2D eigenvalue weighted by Crippen LogP contribution is -2.61. The van der Waals surface area contributed by atoms with Gasteiger partial charge in [-0.1, -0.05) is 145 Å². The van der Waals surface area contributed by atoms with Crippen molar-refractivity contribution in [2.45, 2.75) is 204 Å². The number of amides is 1. The van der Waals surface area contributed by atoms with Gasteiger partial charge in [0.25, 0.3) is 0 Å². The Morgan fingerprint density at radius 3 is 1.76 bits per heavy atom. The van der Waals surface area contributed by atoms with Crippen LogP contribution in [0.5, 0.6) is 0 Å². The highest BCUT2D eigenvalue weighted by Crippen LogP contribution is 2.26. The van der Waals surface area contributed by atoms with Crippen LogP contribution in [0.15, 0.2) is 60.8 Å². The summed E-state index contributed by atoms with van der Waals surface area (Å²) in [6.45, 7) is 3.12. The molecule has 1 aliphatic rings. The van der Waals surface area contributed by atoms with Gasteiger partial charge in [-0.15, -0.1) is 0 Å². The Morgan fingerprint density at radius 2 is 1.19 bits per heavy atom. The second-order valence-electron chi connectivity index (χ2n) is 15.4. The maximum atomic E-state index is 13.1. The molecule has 13 nitrogen and oxygen atoms in total. The van der Waals surface area contributed by atoms with E-state index in [2.05, 4.69) is 72.0 Å². The van der Waals surface area contributed by atoms with Crippen LogP contribution >= 0.6 is 0 Å². The Labute approximate surface area is 355 Å². The zero-order chi connectivity index (χ0) is 43.6. The highest BCUT2D eigenvalue weighted by atomic mass is 32.3. The molecule has 0 spiro atoms. The number of allylic oxidation sites excluding steroid dienone is 9. The number of hydrogen-bond acceptors (Lipinski definition) is 11. The van der Waals surface area contributed by atoms with Gasteiger partial charge in [0, 0.05) is 0 Å². The summed E-state index contributed by atoms with van der Waals surface area (Å²) in [7, 11) is -5.13. The van der Waals surface area contributed by atoms with E-state index in [0.29, 0.717) is 12.8 Å². The first-order chi connectivity index (χ1) is 28.4. The van der Waals surface area contributed by atoms with Crippen molar-refractivity contribution >= 4 is 16.3 Å². The molecule has 0 saturated carbocycles. The molecular weight excluding hydrogens is 779 g/mol. The van der Waals surface area contributed by atoms with Crippen LogP contribution in [0, 0.1) is 0 Å². The molecule has 14 heteroatoms. The third-order valence-electron chi connectivity index (χ3n) is 10.1. The van der Waals surface area contributed by atoms with Crippen molar-refractivity contribution in [1.29, 1.82) is 0 Å². The molecule has 1 aliphatic heterocycles. The van der Waals surface area contributed by atoms with E-state index in [1.54, 1.807) is 6.08 Å². The molecule has 8 unspecified atom stereocenters. The van der Waals surface area contributed by atoms with Crippen LogP contribution in [0.4, 0.5) is 0 Å². The second kappa shape index (κ2) is 35.4. The summed E-state index contributed by atoms with van der Waals surface area (Å²) in [5, 5.41) is 55.1. The minimum Gasteiger partial charge on any atom is -0.394 e. The lowest BCUT2D eigenvalue weighted by Gasteiger charge is -2.41. The van der Waals surface area contributed by atoms with Crippen molar-refractivity contribution in [3.8, 4) is 0 Å². The molecule has 1 saturated heterocycles. The minimum absolute atomic E-state index is 0.213. The van der Waals surface area contributed by atoms with Crippen LogP contribution in [0.2, 0.25) is 0 Å². The number of aliphatic hydroxyl groups is 5. The molecule has 1 rings (SSSR count). The van der Waals surface area contributed by atoms with Crippen molar-refractivity contribution < 1.29 is 57.0 Å². The predicted octanol–water partition coefficient (Wildman–Crippen LogP) is 7.24. The van der Waals surface area contributed by atoms with E-state index >= 15 is 0 Å². The molecule has 1 heterocycles. The number of carbonyl (C=O) groups excluding carboxylic acids is 1. The fraction of sp³-hybridized carbons (Fsp3) is 0.756. The molecule has 0 radical (unpaired) electrons. The van der Waals surface area contributed by atoms with Gasteiger partial charge in [-0.25, -0.2) is 4.18 Å². The molecule has 342 valence electrons. The highest BCUT2D eigenvalue weighted by Gasteiger charge is 2.48. The number of rotatable bonds is 36. The first kappa shape index (κ1) is 54.8. The van der Waals surface area contributed by atoms with Gasteiger partial charge in [-0.05, 0) is 70.6 Å². The Hall–Kier alpha value is -2.24. The zero-order valence-electron chi connectivity index (χ0n) is 35.9. The lowest BCUT2D eigenvalue weighted by molar-refractivity contribution is -0.298. The number of carbonyl (C=O) groups is 1. The van der Waals surface area contributed by atoms with Gasteiger partial charge in [-0.3, -0.25) is 9.35 Å². The summed E-state index contributed by atoms with van der Waals surface area (Å²) in [5.41, 5.74) is 0. The molecule has 0 bridgehead atoms. The maximum absolute atomic E-state index is 13.1. The third-order valence-corrected chi connectivity index (χ3v) is 10.6. The largest absolute Gasteiger partial charge is 0.397 e. The first-order valence-electron chi connectivity index (χ1n) is 22.3. The van der Waals surface area contributed by atoms with Crippen LogP contribution in [-0.2, 0) is 28.9 Å². The molecular formula is C45H79NO12S. The van der Waals surface area contributed by atoms with Gasteiger partial charge in [0.2, 0.25) is 5.91 Å². The smallest absolute Gasteiger partial charge is 0.394 e. The van der Waals surface area contributed by atoms with E-state index in [-0.39, 0.29) is 6.42 Å². The van der Waals surface area contributed by atoms with Crippen LogP contribution in [0.25, 0.3) is 0 Å². The highest BCUT2D eigenvalue weighted by molar-refractivity contribution is 7.80. The molecule has 1 fully saturated rings. The third kappa shape index (κ3) is 28.1. The van der Waals surface area contributed by atoms with Gasteiger partial charge >= 0.3 is 10.4 Å². The number of nitrogens with one attached hydrogen (secondary N) is 1. The molecule has 0 aromatic carbocycles. The van der Waals surface area contributed by atoms with Gasteiger partial charge in [-0.2, -0.15) is 8.42 Å². The van der Waals surface area contributed by atoms with Crippen LogP contribution in [-0.4, -0.2) is 107 Å². The standard InChI is InChI=1S/C45H79NO12S/c1-3-5-7-9-11-13-15-17-19-20-22-23-25-27-29-31-33-38(48)37(36-56-45-42(51)43(58-59(53,54)55)41(50)40(35-47)57-45)46-44(52)39(49)34-32-30-28-26-24-21-18-16-14-12-10-8-6-4-2/h12,14,16-19,23,25,31,33,37-43,45,47-51H,3-11,13,15,20-22,24,26-30,32,34-36H2,1-2H3,(H,46,52)(H,53,54,55)/b14-12-,18-16-,19-17+,25-23+,33-31+. The Balaban J connectivity index is 2.68. The van der Waals surface area contributed by atoms with E-state index in [4.69, 9.17) is 14.0 Å². The van der Waals surface area contributed by atoms with E-state index < -0.39 is 78.5 Å². The summed E-state index contributed by atoms with van der Waals surface area (Å²) < 4.78 is 47.4. The van der Waals surface area contributed by atoms with Crippen molar-refractivity contribution in [3.05, 3.63) is 60.8 Å². The molecule has 1 amide bonds. The zero-order valence-corrected chi connectivity index (χ0v) is 36.7. The fourth-order valence-corrected chi connectivity index (χ4v) is 7.05. The molecule has 59 heavy (non-hydrogen) atoms. The van der Waals surface area contributed by atoms with Gasteiger partial charge < -0.3 is 40.3 Å². The number of hydrogen-bond donors (Lipinski definition) is 7. The molecule has 0 aliphatic carbocycles. The van der Waals surface area contributed by atoms with Crippen LogP contribution in [0.3, 0.4) is 0 Å². The first-order valence-corrected chi connectivity index (χ1v) is 23.7. The summed E-state index contributed by atoms with van der Waals surface area (Å²) in [5.74, 6) is -0.732. The molecule has 0 aromatic rings. The fourth-order valence-electron chi connectivity index (χ4n) is 6.54. The second-order valence-corrected chi connectivity index (χ2v) is 16.5. The van der Waals surface area contributed by atoms with Crippen molar-refractivity contribution in [1.82, 2.24) is 5.32 Å². The van der Waals surface area contributed by atoms with Gasteiger partial charge in [0.1, 0.15) is 30.5 Å². The maximum Gasteiger partial charge on any atom is 0.397 e.